The van der Waals surface area contributed by atoms with Crippen LogP contribution in [-0.4, -0.2) is 71.3 Å². The number of rotatable bonds is 5. The summed E-state index contributed by atoms with van der Waals surface area (Å²) in [7, 11) is -1.57. The highest BCUT2D eigenvalue weighted by atomic mass is 35.5. The van der Waals surface area contributed by atoms with Gasteiger partial charge in [-0.15, -0.1) is 0 Å². The highest BCUT2D eigenvalue weighted by molar-refractivity contribution is 7.84. The van der Waals surface area contributed by atoms with Gasteiger partial charge >= 0.3 is 11.8 Å². The standard InChI is InChI=1S/C30H32ClFN6O4S/c1-15(2)24-26(16(3)10-11-33-24)38-28-19(12-20(31)25(34-28)23-21(32)8-7-9-22(23)43(6)42)27(35-29(38)39)36-13-18(5)37(30(40)41)14-17(36)4/h7-12,15,17-18H,13-14H2,1-6H3,(H,40,41)/t17-,18+,43?/m0/s1. The molecular weight excluding hydrogens is 595 g/mol. The number of halogens is 2. The number of carbonyl (C=O) groups is 1. The van der Waals surface area contributed by atoms with Crippen LogP contribution in [0.1, 0.15) is 44.9 Å². The van der Waals surface area contributed by atoms with Gasteiger partial charge in [0.25, 0.3) is 0 Å². The Morgan fingerprint density at radius 3 is 2.53 bits per heavy atom. The summed E-state index contributed by atoms with van der Waals surface area (Å²) in [6, 6.07) is 6.92. The predicted molar refractivity (Wildman–Crippen MR) is 165 cm³/mol. The molecule has 3 atom stereocenters. The summed E-state index contributed by atoms with van der Waals surface area (Å²) in [6.45, 7) is 9.89. The second-order valence-electron chi connectivity index (χ2n) is 11.1. The van der Waals surface area contributed by atoms with E-state index in [9.17, 15) is 18.9 Å². The van der Waals surface area contributed by atoms with Crippen molar-refractivity contribution in [1.82, 2.24) is 24.4 Å². The third-order valence-corrected chi connectivity index (χ3v) is 9.00. The highest BCUT2D eigenvalue weighted by Gasteiger charge is 2.35. The van der Waals surface area contributed by atoms with E-state index in [4.69, 9.17) is 16.6 Å². The molecule has 4 aromatic rings. The third kappa shape index (κ3) is 5.38. The Hall–Kier alpha value is -3.90. The molecule has 0 aliphatic carbocycles. The van der Waals surface area contributed by atoms with Gasteiger partial charge in [-0.05, 0) is 56.5 Å². The van der Waals surface area contributed by atoms with E-state index in [1.807, 2.05) is 32.6 Å². The number of aromatic nitrogens is 4. The van der Waals surface area contributed by atoms with Crippen molar-refractivity contribution >= 4 is 45.3 Å². The molecule has 13 heteroatoms. The molecule has 1 saturated heterocycles. The van der Waals surface area contributed by atoms with E-state index in [1.54, 1.807) is 31.3 Å². The molecule has 1 N–H and O–H groups in total. The van der Waals surface area contributed by atoms with Crippen LogP contribution in [0.5, 0.6) is 0 Å². The topological polar surface area (TPSA) is 122 Å². The van der Waals surface area contributed by atoms with Gasteiger partial charge in [-0.25, -0.2) is 23.5 Å². The minimum absolute atomic E-state index is 0.0170. The molecule has 0 radical (unpaired) electrons. The fourth-order valence-electron chi connectivity index (χ4n) is 5.65. The summed E-state index contributed by atoms with van der Waals surface area (Å²) in [5.74, 6) is -0.423. The van der Waals surface area contributed by atoms with Crippen LogP contribution in [0, 0.1) is 12.7 Å². The number of hydrogen-bond acceptors (Lipinski definition) is 7. The molecule has 0 saturated carbocycles. The maximum Gasteiger partial charge on any atom is 0.407 e. The Kier molecular flexibility index (Phi) is 8.28. The number of benzene rings is 1. The Morgan fingerprint density at radius 2 is 1.88 bits per heavy atom. The molecule has 3 aromatic heterocycles. The number of nitrogens with zero attached hydrogens (tertiary/aromatic N) is 6. The Bertz CT molecular complexity index is 1850. The lowest BCUT2D eigenvalue weighted by molar-refractivity contribution is 0.114. The molecule has 1 fully saturated rings. The van der Waals surface area contributed by atoms with Gasteiger partial charge in [-0.2, -0.15) is 4.98 Å². The summed E-state index contributed by atoms with van der Waals surface area (Å²) < 4.78 is 29.4. The van der Waals surface area contributed by atoms with E-state index in [1.165, 1.54) is 27.9 Å². The van der Waals surface area contributed by atoms with Crippen molar-refractivity contribution in [3.05, 3.63) is 69.1 Å². The van der Waals surface area contributed by atoms with Crippen molar-refractivity contribution in [2.45, 2.75) is 57.5 Å². The van der Waals surface area contributed by atoms with Crippen molar-refractivity contribution in [3.63, 3.8) is 0 Å². The van der Waals surface area contributed by atoms with Gasteiger partial charge in [-0.1, -0.05) is 31.5 Å². The number of hydrogen-bond donors (Lipinski definition) is 1. The summed E-state index contributed by atoms with van der Waals surface area (Å²) in [4.78, 5) is 43.2. The van der Waals surface area contributed by atoms with Crippen LogP contribution in [-0.2, 0) is 10.8 Å². The van der Waals surface area contributed by atoms with Crippen LogP contribution in [0.3, 0.4) is 0 Å². The smallest absolute Gasteiger partial charge is 0.407 e. The number of anilines is 1. The lowest BCUT2D eigenvalue weighted by Crippen LogP contribution is -2.58. The molecular formula is C30H32ClFN6O4S. The number of amides is 1. The largest absolute Gasteiger partial charge is 0.465 e. The number of pyridine rings is 2. The molecule has 0 spiro atoms. The average Bonchev–Trinajstić information content (AvgIpc) is 2.93. The fourth-order valence-corrected chi connectivity index (χ4v) is 6.65. The van der Waals surface area contributed by atoms with E-state index >= 15 is 4.39 Å². The summed E-state index contributed by atoms with van der Waals surface area (Å²) in [6.07, 6.45) is 2.09. The lowest BCUT2D eigenvalue weighted by Gasteiger charge is -2.43. The maximum absolute atomic E-state index is 15.4. The van der Waals surface area contributed by atoms with Gasteiger partial charge in [0.15, 0.2) is 5.65 Å². The first kappa shape index (κ1) is 30.6. The highest BCUT2D eigenvalue weighted by Crippen LogP contribution is 2.38. The van der Waals surface area contributed by atoms with E-state index in [0.29, 0.717) is 22.6 Å². The van der Waals surface area contributed by atoms with Gasteiger partial charge in [0.1, 0.15) is 11.6 Å². The van der Waals surface area contributed by atoms with Gasteiger partial charge in [0.05, 0.1) is 48.7 Å². The fraction of sp³-hybridized carbons (Fsp3) is 0.367. The van der Waals surface area contributed by atoms with E-state index in [0.717, 1.165) is 5.56 Å². The lowest BCUT2D eigenvalue weighted by atomic mass is 10.0. The van der Waals surface area contributed by atoms with Gasteiger partial charge in [-0.3, -0.25) is 9.19 Å². The molecule has 5 rings (SSSR count). The van der Waals surface area contributed by atoms with Crippen molar-refractivity contribution in [2.24, 2.45) is 0 Å². The summed E-state index contributed by atoms with van der Waals surface area (Å²) in [5, 5.41) is 10.2. The van der Waals surface area contributed by atoms with Gasteiger partial charge < -0.3 is 14.9 Å². The molecule has 43 heavy (non-hydrogen) atoms. The van der Waals surface area contributed by atoms with Crippen LogP contribution < -0.4 is 10.6 Å². The van der Waals surface area contributed by atoms with Crippen molar-refractivity contribution < 1.29 is 18.5 Å². The van der Waals surface area contributed by atoms with Crippen LogP contribution in [0.15, 0.2) is 46.2 Å². The first-order valence-electron chi connectivity index (χ1n) is 13.8. The van der Waals surface area contributed by atoms with Crippen LogP contribution >= 0.6 is 11.6 Å². The second-order valence-corrected chi connectivity index (χ2v) is 12.9. The average molecular weight is 627 g/mol. The molecule has 1 unspecified atom stereocenters. The molecule has 226 valence electrons. The van der Waals surface area contributed by atoms with Crippen LogP contribution in [0.4, 0.5) is 15.0 Å². The number of fused-ring (bicyclic) bond motifs is 1. The van der Waals surface area contributed by atoms with Crippen molar-refractivity contribution in [2.75, 3.05) is 24.2 Å². The SMILES string of the molecule is Cc1ccnc(C(C)C)c1-n1c(=O)nc(N2C[C@@H](C)N(C(=O)O)C[C@@H]2C)c2cc(Cl)c(-c3c(F)cccc3S(C)=O)nc21. The zero-order valence-electron chi connectivity index (χ0n) is 24.6. The zero-order chi connectivity index (χ0) is 31.3. The molecule has 1 aliphatic heterocycles. The normalized spacial score (nSPS) is 18.0. The van der Waals surface area contributed by atoms with E-state index < -0.39 is 28.4 Å². The molecule has 0 bridgehead atoms. The van der Waals surface area contributed by atoms with E-state index in [2.05, 4.69) is 9.97 Å². The minimum atomic E-state index is -1.57. The van der Waals surface area contributed by atoms with Crippen molar-refractivity contribution in [3.8, 4) is 16.9 Å². The summed E-state index contributed by atoms with van der Waals surface area (Å²) in [5.41, 5.74) is 1.47. The number of aryl methyl sites for hydroxylation is 1. The minimum Gasteiger partial charge on any atom is -0.465 e. The molecule has 1 aliphatic rings. The second kappa shape index (κ2) is 11.6. The summed E-state index contributed by atoms with van der Waals surface area (Å²) >= 11 is 6.82. The monoisotopic (exact) mass is 626 g/mol. The maximum atomic E-state index is 15.4. The zero-order valence-corrected chi connectivity index (χ0v) is 26.2. The molecule has 1 amide bonds. The Balaban J connectivity index is 1.89. The quantitative estimate of drug-likeness (QED) is 0.313. The van der Waals surface area contributed by atoms with E-state index in [-0.39, 0.29) is 57.9 Å². The number of carboxylic acid groups (broad SMARTS) is 1. The molecule has 4 heterocycles. The first-order valence-corrected chi connectivity index (χ1v) is 15.7. The third-order valence-electron chi connectivity index (χ3n) is 7.75. The molecule has 1 aromatic carbocycles. The van der Waals surface area contributed by atoms with Crippen LogP contribution in [0.2, 0.25) is 5.02 Å². The predicted octanol–water partition coefficient (Wildman–Crippen LogP) is 5.38. The first-order chi connectivity index (χ1) is 20.3. The number of piperazine rings is 1. The molecule has 10 nitrogen and oxygen atoms in total. The van der Waals surface area contributed by atoms with Crippen LogP contribution in [0.25, 0.3) is 28.0 Å². The Labute approximate surface area is 255 Å². The Morgan fingerprint density at radius 1 is 1.16 bits per heavy atom. The van der Waals surface area contributed by atoms with Gasteiger partial charge in [0, 0.05) is 37.6 Å². The van der Waals surface area contributed by atoms with Crippen molar-refractivity contribution in [1.29, 1.82) is 0 Å². The van der Waals surface area contributed by atoms with Gasteiger partial charge in [0.2, 0.25) is 0 Å².